The van der Waals surface area contributed by atoms with Crippen LogP contribution in [0.1, 0.15) is 275 Å². The van der Waals surface area contributed by atoms with Crippen molar-refractivity contribution in [2.45, 2.75) is 269 Å². The molecule has 4 aliphatic rings. The zero-order valence-electron chi connectivity index (χ0n) is 43.1. The van der Waals surface area contributed by atoms with E-state index in [1.807, 2.05) is 55.4 Å². The Hall–Kier alpha value is -0.260. The molecule has 0 saturated heterocycles. The summed E-state index contributed by atoms with van der Waals surface area (Å²) in [6, 6.07) is 0. The molecule has 0 amide bonds. The first-order valence-corrected chi connectivity index (χ1v) is 25.1. The van der Waals surface area contributed by atoms with Gasteiger partial charge in [0, 0.05) is 5.71 Å². The molecule has 0 N–H and O–H groups in total. The van der Waals surface area contributed by atoms with Crippen LogP contribution < -0.4 is 0 Å². The van der Waals surface area contributed by atoms with Crippen LogP contribution in [-0.4, -0.2) is 0 Å². The molecule has 3 fully saturated rings. The van der Waals surface area contributed by atoms with Crippen molar-refractivity contribution in [2.24, 2.45) is 69.0 Å². The average molecular weight is 776 g/mol. The first-order valence-electron chi connectivity index (χ1n) is 25.1. The molecule has 0 atom stereocenters. The first-order chi connectivity index (χ1) is 25.4. The molecule has 0 bridgehead atoms. The topological polar surface area (TPSA) is 0 Å². The molecule has 0 aromatic heterocycles. The third-order valence-corrected chi connectivity index (χ3v) is 15.3. The van der Waals surface area contributed by atoms with Crippen molar-refractivity contribution in [1.29, 1.82) is 0 Å². The molecule has 3 saturated carbocycles. The van der Waals surface area contributed by atoms with E-state index in [9.17, 15) is 0 Å². The van der Waals surface area contributed by atoms with Crippen LogP contribution >= 0.6 is 0 Å². The maximum absolute atomic E-state index is 2.48. The molecule has 54 heavy (non-hydrogen) atoms. The highest BCUT2D eigenvalue weighted by Gasteiger charge is 2.40. The van der Waals surface area contributed by atoms with E-state index in [0.717, 1.165) is 47.3 Å². The monoisotopic (exact) mass is 775 g/mol. The van der Waals surface area contributed by atoms with Crippen molar-refractivity contribution in [3.8, 4) is 0 Å². The quantitative estimate of drug-likeness (QED) is 0.216. The van der Waals surface area contributed by atoms with Gasteiger partial charge in [0.25, 0.3) is 0 Å². The summed E-state index contributed by atoms with van der Waals surface area (Å²) in [6.07, 6.45) is 28.1. The second-order valence-electron chi connectivity index (χ2n) is 19.3. The average Bonchev–Trinajstić information content (AvgIpc) is 3.89. The first kappa shape index (κ1) is 60.4. The molecule has 0 heteroatoms. The lowest BCUT2D eigenvalue weighted by Crippen LogP contribution is -2.35. The van der Waals surface area contributed by atoms with Crippen molar-refractivity contribution in [3.05, 3.63) is 12.2 Å². The van der Waals surface area contributed by atoms with Gasteiger partial charge in [-0.15, -0.1) is 0 Å². The van der Waals surface area contributed by atoms with E-state index in [1.165, 1.54) is 103 Å². The van der Waals surface area contributed by atoms with Crippen LogP contribution in [0.2, 0.25) is 0 Å². The summed E-state index contributed by atoms with van der Waals surface area (Å²) < 4.78 is 0. The molecular weight excluding hydrogens is 649 g/mol. The summed E-state index contributed by atoms with van der Waals surface area (Å²) in [5.74, 6) is 6.84. The Morgan fingerprint density at radius 2 is 0.519 bits per heavy atom. The summed E-state index contributed by atoms with van der Waals surface area (Å²) in [5.41, 5.74) is 2.57. The third-order valence-electron chi connectivity index (χ3n) is 15.3. The van der Waals surface area contributed by atoms with Gasteiger partial charge in [0.2, 0.25) is 0 Å². The minimum absolute atomic E-state index is 0. The molecule has 4 rings (SSSR count). The summed E-state index contributed by atoms with van der Waals surface area (Å²) in [5, 5.41) is 0. The molecule has 4 aliphatic carbocycles. The molecule has 0 nitrogen and oxygen atoms in total. The minimum Gasteiger partial charge on any atom is -0.0880 e. The molecule has 0 radical (unpaired) electrons. The van der Waals surface area contributed by atoms with Gasteiger partial charge in [0.05, 0.1) is 0 Å². The van der Waals surface area contributed by atoms with Crippen LogP contribution in [0, 0.1) is 69.0 Å². The molecule has 338 valence electrons. The Balaban J connectivity index is -0.0000000884. The standard InChI is InChI=1S/C12H24.C12H22.2C11H22.4C2H6.4H2/c2*1-10(2)12(11(3)4)8-6-5-7-9-12;2*1-9(2)11(10(3)4)7-5-6-8-11;4*1-2;;;;/h10-11H,5-9H2,1-4H3;6,8,10-11H,5,7,9H2,1-4H3;2*9-10H,5-8H2,1-4H3;4*1-2H3;4*1H/i;;;;;;;;4*1+1. The van der Waals surface area contributed by atoms with Gasteiger partial charge in [-0.25, -0.2) is 0 Å². The number of allylic oxidation sites excluding steroid dienone is 2. The Morgan fingerprint density at radius 1 is 0.296 bits per heavy atom. The number of hydrogen-bond donors (Lipinski definition) is 0. The van der Waals surface area contributed by atoms with Gasteiger partial charge >= 0.3 is 0 Å². The molecule has 0 unspecified atom stereocenters. The fraction of sp³-hybridized carbons (Fsp3) is 0.963. The maximum atomic E-state index is 2.48. The largest absolute Gasteiger partial charge is 0.0880 e. The second-order valence-corrected chi connectivity index (χ2v) is 19.3. The van der Waals surface area contributed by atoms with E-state index in [1.54, 1.807) is 0 Å². The Kier molecular flexibility index (Phi) is 36.6. The van der Waals surface area contributed by atoms with Gasteiger partial charge in [-0.1, -0.05) is 223 Å². The minimum atomic E-state index is 0. The lowest BCUT2D eigenvalue weighted by Gasteiger charge is -2.44. The van der Waals surface area contributed by atoms with Gasteiger partial charge in [0.15, 0.2) is 0 Å². The van der Waals surface area contributed by atoms with Gasteiger partial charge in [-0.2, -0.15) is 0 Å². The molecule has 0 aromatic rings. The highest BCUT2D eigenvalue weighted by molar-refractivity contribution is 5.06. The molecule has 0 aromatic carbocycles. The van der Waals surface area contributed by atoms with Crippen molar-refractivity contribution >= 4 is 0 Å². The van der Waals surface area contributed by atoms with Crippen LogP contribution in [0.4, 0.5) is 0 Å². The summed E-state index contributed by atoms with van der Waals surface area (Å²) in [7, 11) is 0. The fourth-order valence-electron chi connectivity index (χ4n) is 11.3. The van der Waals surface area contributed by atoms with Crippen LogP contribution in [0.5, 0.6) is 0 Å². The SMILES string of the molecule is CC.CC.CC.CC.CC(C)C1(C(C)C)C=CCCC1.CC(C)C1(C(C)C)CCCC1.CC(C)C1(C(C)C)CCCC1.CC(C)C1(C(C)C)CCCCC1.[2HH].[2HH].[2HH].[2HH]. The van der Waals surface area contributed by atoms with Crippen molar-refractivity contribution in [3.63, 3.8) is 0 Å². The Morgan fingerprint density at radius 3 is 0.648 bits per heavy atom. The lowest BCUT2D eigenvalue weighted by atomic mass is 9.61. The fourth-order valence-corrected chi connectivity index (χ4v) is 11.3. The lowest BCUT2D eigenvalue weighted by molar-refractivity contribution is 0.0587. The smallest absolute Gasteiger partial charge is 0 e. The van der Waals surface area contributed by atoms with Crippen LogP contribution in [0.3, 0.4) is 0 Å². The van der Waals surface area contributed by atoms with Gasteiger partial charge in [-0.05, 0) is 127 Å². The van der Waals surface area contributed by atoms with E-state index in [2.05, 4.69) is 123 Å². The van der Waals surface area contributed by atoms with Crippen molar-refractivity contribution < 1.29 is 5.71 Å². The van der Waals surface area contributed by atoms with Crippen molar-refractivity contribution in [1.82, 2.24) is 0 Å². The highest BCUT2D eigenvalue weighted by Crippen LogP contribution is 2.51. The van der Waals surface area contributed by atoms with E-state index >= 15 is 0 Å². The summed E-state index contributed by atoms with van der Waals surface area (Å²) in [4.78, 5) is 0. The van der Waals surface area contributed by atoms with Crippen LogP contribution in [0.25, 0.3) is 0 Å². The molecule has 0 aliphatic heterocycles. The summed E-state index contributed by atoms with van der Waals surface area (Å²) >= 11 is 0. The molecule has 0 heterocycles. The molecular formula is C54H122. The van der Waals surface area contributed by atoms with Crippen LogP contribution in [0.15, 0.2) is 12.2 Å². The third kappa shape index (κ3) is 18.1. The maximum Gasteiger partial charge on any atom is 0 e. The highest BCUT2D eigenvalue weighted by atomic mass is 14.5. The van der Waals surface area contributed by atoms with Gasteiger partial charge in [0.1, 0.15) is 0 Å². The predicted molar refractivity (Wildman–Crippen MR) is 265 cm³/mol. The zero-order valence-corrected chi connectivity index (χ0v) is 43.1. The molecule has 0 spiro atoms. The number of rotatable bonds is 8. The Labute approximate surface area is 354 Å². The van der Waals surface area contributed by atoms with E-state index in [0.29, 0.717) is 21.7 Å². The van der Waals surface area contributed by atoms with E-state index in [4.69, 9.17) is 0 Å². The van der Waals surface area contributed by atoms with Crippen molar-refractivity contribution in [2.75, 3.05) is 0 Å². The number of hydrogen-bond acceptors (Lipinski definition) is 0. The van der Waals surface area contributed by atoms with Gasteiger partial charge in [-0.3, -0.25) is 0 Å². The van der Waals surface area contributed by atoms with Gasteiger partial charge < -0.3 is 0 Å². The summed E-state index contributed by atoms with van der Waals surface area (Å²) in [6.45, 7) is 54.2. The van der Waals surface area contributed by atoms with Crippen LogP contribution in [-0.2, 0) is 0 Å². The normalized spacial score (nSPS) is 20.1. The van der Waals surface area contributed by atoms with E-state index < -0.39 is 0 Å². The second kappa shape index (κ2) is 32.7. The Bertz CT molecular complexity index is 748. The predicted octanol–water partition coefficient (Wildman–Crippen LogP) is 21.1. The zero-order chi connectivity index (χ0) is 43.3. The van der Waals surface area contributed by atoms with E-state index in [-0.39, 0.29) is 5.71 Å².